The molecule has 0 saturated carbocycles. The van der Waals surface area contributed by atoms with Gasteiger partial charge in [-0.3, -0.25) is 19.2 Å². The molecule has 4 aliphatic heterocycles. The summed E-state index contributed by atoms with van der Waals surface area (Å²) in [5, 5.41) is 0.781. The number of fused-ring (bicyclic) bond motifs is 5. The molecule has 18 heteroatoms. The number of nitrogen functional groups attached to an aromatic ring is 1. The number of H-pyrrole nitrogens is 1. The van der Waals surface area contributed by atoms with E-state index >= 15 is 0 Å². The lowest BCUT2D eigenvalue weighted by molar-refractivity contribution is -0.142. The Morgan fingerprint density at radius 1 is 0.893 bits per heavy atom. The molecule has 56 heavy (non-hydrogen) atoms. The quantitative estimate of drug-likeness (QED) is 0.200. The van der Waals surface area contributed by atoms with Crippen molar-refractivity contribution < 1.29 is 40.7 Å². The number of piperazine rings is 1. The van der Waals surface area contributed by atoms with Crippen LogP contribution in [0.4, 0.5) is 36.8 Å². The van der Waals surface area contributed by atoms with Gasteiger partial charge in [-0.25, -0.2) is 9.59 Å². The smallest absolute Gasteiger partial charge is 0.418 e. The highest BCUT2D eigenvalue weighted by Crippen LogP contribution is 2.42. The van der Waals surface area contributed by atoms with E-state index in [0.29, 0.717) is 79.5 Å². The lowest BCUT2D eigenvalue weighted by Gasteiger charge is -2.42. The fourth-order valence-corrected chi connectivity index (χ4v) is 9.25. The third-order valence-corrected chi connectivity index (χ3v) is 12.1. The van der Waals surface area contributed by atoms with Crippen LogP contribution in [0.15, 0.2) is 47.4 Å². The van der Waals surface area contributed by atoms with E-state index in [1.54, 1.807) is 10.8 Å². The third kappa shape index (κ3) is 7.05. The molecule has 4 aliphatic rings. The molecule has 2 amide bonds. The first kappa shape index (κ1) is 38.1. The van der Waals surface area contributed by atoms with E-state index < -0.39 is 59.3 Å². The Morgan fingerprint density at radius 3 is 2.12 bits per heavy atom. The van der Waals surface area contributed by atoms with Crippen molar-refractivity contribution in [2.24, 2.45) is 0 Å². The van der Waals surface area contributed by atoms with Gasteiger partial charge in [0.15, 0.2) is 6.10 Å². The summed E-state index contributed by atoms with van der Waals surface area (Å²) in [5.41, 5.74) is 1.64. The minimum absolute atomic E-state index is 0.113. The van der Waals surface area contributed by atoms with Crippen molar-refractivity contribution in [2.75, 3.05) is 52.0 Å². The predicted octanol–water partition coefficient (Wildman–Crippen LogP) is 5.26. The van der Waals surface area contributed by atoms with Gasteiger partial charge >= 0.3 is 24.1 Å². The van der Waals surface area contributed by atoms with Crippen LogP contribution in [-0.4, -0.2) is 117 Å². The first-order valence-corrected chi connectivity index (χ1v) is 18.8. The number of halogens is 6. The fourth-order valence-electron chi connectivity index (χ4n) is 9.25. The van der Waals surface area contributed by atoms with E-state index in [1.807, 2.05) is 24.3 Å². The molecule has 2 aromatic heterocycles. The Bertz CT molecular complexity index is 2170. The summed E-state index contributed by atoms with van der Waals surface area (Å²) in [6.07, 6.45) is -9.20. The molecule has 0 radical (unpaired) electrons. The van der Waals surface area contributed by atoms with Gasteiger partial charge in [0.2, 0.25) is 0 Å². The summed E-state index contributed by atoms with van der Waals surface area (Å²) < 4.78 is 91.0. The maximum Gasteiger partial charge on any atom is 0.418 e. The topological polar surface area (TPSA) is 133 Å². The van der Waals surface area contributed by atoms with Crippen molar-refractivity contribution in [3.63, 3.8) is 0 Å². The number of likely N-dealkylation sites (tertiary alicyclic amines) is 4. The van der Waals surface area contributed by atoms with Crippen LogP contribution in [0.1, 0.15) is 54.8 Å². The number of aromatic amines is 1. The van der Waals surface area contributed by atoms with Crippen molar-refractivity contribution in [3.05, 3.63) is 69.8 Å². The van der Waals surface area contributed by atoms with Crippen LogP contribution in [0, 0.1) is 0 Å². The maximum absolute atomic E-state index is 14.1. The summed E-state index contributed by atoms with van der Waals surface area (Å²) in [6.45, 7) is 2.70. The van der Waals surface area contributed by atoms with Gasteiger partial charge in [0.1, 0.15) is 0 Å². The lowest BCUT2D eigenvalue weighted by Crippen LogP contribution is -2.54. The number of hydrogen-bond donors (Lipinski definition) is 2. The number of imidazole rings is 1. The average Bonchev–Trinajstić information content (AvgIpc) is 3.85. The van der Waals surface area contributed by atoms with Crippen LogP contribution in [0.3, 0.4) is 0 Å². The second kappa shape index (κ2) is 14.3. The number of nitrogens with one attached hydrogen (secondary N) is 1. The summed E-state index contributed by atoms with van der Waals surface area (Å²) in [6, 6.07) is 9.17. The number of rotatable bonds is 6. The Morgan fingerprint density at radius 2 is 1.52 bits per heavy atom. The van der Waals surface area contributed by atoms with E-state index in [4.69, 9.17) is 10.5 Å². The van der Waals surface area contributed by atoms with Gasteiger partial charge in [-0.05, 0) is 62.9 Å². The number of aromatic nitrogens is 3. The van der Waals surface area contributed by atoms with Crippen molar-refractivity contribution in [3.8, 4) is 0 Å². The number of carbonyl (C=O) groups is 2. The molecule has 2 aromatic carbocycles. The molecule has 3 N–H and O–H groups in total. The van der Waals surface area contributed by atoms with Crippen LogP contribution in [-0.2, 0) is 28.3 Å². The summed E-state index contributed by atoms with van der Waals surface area (Å²) >= 11 is 0. The first-order chi connectivity index (χ1) is 26.6. The summed E-state index contributed by atoms with van der Waals surface area (Å²) in [7, 11) is 2.10. The SMILES string of the molecule is CN1CC2CC1CN2C1CCN(C(=O)C(Cc2cc(C(F)(F)F)c(N)c(C(F)(F)F)c2)OC(=O)N2CCC(n3c(=O)[nH]c4c5ccccc5ncc43)CC2)CC1. The second-order valence-electron chi connectivity index (χ2n) is 15.5. The van der Waals surface area contributed by atoms with E-state index in [1.165, 1.54) is 9.80 Å². The number of pyridine rings is 1. The highest BCUT2D eigenvalue weighted by atomic mass is 19.4. The molecule has 0 spiro atoms. The molecule has 4 fully saturated rings. The Hall–Kier alpha value is -4.84. The van der Waals surface area contributed by atoms with Crippen LogP contribution in [0.5, 0.6) is 0 Å². The number of benzene rings is 2. The zero-order valence-electron chi connectivity index (χ0n) is 30.6. The molecule has 6 heterocycles. The molecule has 300 valence electrons. The third-order valence-electron chi connectivity index (χ3n) is 12.1. The van der Waals surface area contributed by atoms with Crippen LogP contribution in [0.2, 0.25) is 0 Å². The minimum atomic E-state index is -5.22. The monoisotopic (exact) mass is 788 g/mol. The number of likely N-dealkylation sites (N-methyl/N-ethyl adjacent to an activating group) is 1. The van der Waals surface area contributed by atoms with Gasteiger partial charge in [0.25, 0.3) is 5.91 Å². The number of nitrogens with zero attached hydrogens (tertiary/aromatic N) is 6. The van der Waals surface area contributed by atoms with Gasteiger partial charge in [0.05, 0.1) is 39.6 Å². The molecular weight excluding hydrogens is 746 g/mol. The fraction of sp³-hybridized carbons (Fsp3) is 0.526. The number of hydrogen-bond acceptors (Lipinski definition) is 8. The van der Waals surface area contributed by atoms with Crippen molar-refractivity contribution >= 4 is 39.6 Å². The van der Waals surface area contributed by atoms with Gasteiger partial charge in [-0.1, -0.05) is 18.2 Å². The van der Waals surface area contributed by atoms with Crippen molar-refractivity contribution in [1.29, 1.82) is 0 Å². The lowest BCUT2D eigenvalue weighted by atomic mass is 9.97. The molecular formula is C38H42F6N8O4. The largest absolute Gasteiger partial charge is 0.436 e. The van der Waals surface area contributed by atoms with Gasteiger partial charge in [-0.2, -0.15) is 26.3 Å². The standard InChI is InChI=1S/C38H42F6N8O4/c1-48-19-25-17-24(48)20-51(25)22-6-10-49(11-7-22)34(53)31(16-21-14-27(37(39,40)41)32(45)28(15-21)38(42,43)44)56-36(55)50-12-8-23(9-13-50)52-30-18-46-29-5-3-2-4-26(29)33(30)47-35(52)54/h2-5,14-15,18,22-25,31H,6-13,16-17,19-20,45H2,1H3,(H,47,54). The summed E-state index contributed by atoms with van der Waals surface area (Å²) in [4.78, 5) is 56.0. The van der Waals surface area contributed by atoms with Crippen molar-refractivity contribution in [1.82, 2.24) is 34.1 Å². The number of piperidine rings is 2. The molecule has 3 atom stereocenters. The van der Waals surface area contributed by atoms with Crippen LogP contribution < -0.4 is 11.4 Å². The van der Waals surface area contributed by atoms with Crippen LogP contribution >= 0.6 is 0 Å². The molecule has 2 bridgehead atoms. The minimum Gasteiger partial charge on any atom is -0.436 e. The van der Waals surface area contributed by atoms with E-state index in [2.05, 4.69) is 26.8 Å². The van der Waals surface area contributed by atoms with E-state index in [0.717, 1.165) is 24.9 Å². The number of nitrogens with two attached hydrogens (primary N) is 1. The predicted molar refractivity (Wildman–Crippen MR) is 194 cm³/mol. The number of carbonyl (C=O) groups excluding carboxylic acids is 2. The zero-order chi connectivity index (χ0) is 39.7. The molecule has 3 unspecified atom stereocenters. The van der Waals surface area contributed by atoms with Crippen LogP contribution in [0.25, 0.3) is 21.9 Å². The highest BCUT2D eigenvalue weighted by molar-refractivity contribution is 6.01. The van der Waals surface area contributed by atoms with Gasteiger partial charge in [-0.15, -0.1) is 0 Å². The highest BCUT2D eigenvalue weighted by Gasteiger charge is 2.46. The van der Waals surface area contributed by atoms with E-state index in [-0.39, 0.29) is 30.9 Å². The molecule has 0 aliphatic carbocycles. The maximum atomic E-state index is 14.1. The number of ether oxygens (including phenoxy) is 1. The molecule has 12 nitrogen and oxygen atoms in total. The average molecular weight is 789 g/mol. The Labute approximate surface area is 317 Å². The Balaban J connectivity index is 1.00. The van der Waals surface area contributed by atoms with E-state index in [9.17, 15) is 40.7 Å². The molecule has 4 saturated heterocycles. The zero-order valence-corrected chi connectivity index (χ0v) is 30.6. The van der Waals surface area contributed by atoms with Crippen molar-refractivity contribution in [2.45, 2.75) is 81.1 Å². The number of alkyl halides is 6. The number of amides is 2. The molecule has 8 rings (SSSR count). The number of anilines is 1. The van der Waals surface area contributed by atoms with Gasteiger partial charge in [0, 0.05) is 75.2 Å². The Kier molecular flexibility index (Phi) is 9.70. The van der Waals surface area contributed by atoms with Gasteiger partial charge < -0.3 is 30.2 Å². The second-order valence-corrected chi connectivity index (χ2v) is 15.5. The molecule has 4 aromatic rings. The first-order valence-electron chi connectivity index (χ1n) is 18.8. The normalized spacial score (nSPS) is 22.4. The number of para-hydroxylation sites is 1. The summed E-state index contributed by atoms with van der Waals surface area (Å²) in [5.74, 6) is -0.696.